The van der Waals surface area contributed by atoms with Gasteiger partial charge in [0.1, 0.15) is 0 Å². The number of hydrogen-bond acceptors (Lipinski definition) is 9. The molecule has 0 aliphatic carbocycles. The molecule has 10 nitrogen and oxygen atoms in total. The van der Waals surface area contributed by atoms with Crippen molar-refractivity contribution in [3.8, 4) is 5.69 Å². The third kappa shape index (κ3) is 6.95. The zero-order valence-electron chi connectivity index (χ0n) is 22.9. The number of nitrogens with zero attached hydrogens (tertiary/aromatic N) is 4. The van der Waals surface area contributed by atoms with Crippen molar-refractivity contribution in [1.82, 2.24) is 20.2 Å². The summed E-state index contributed by atoms with van der Waals surface area (Å²) in [6, 6.07) is 32.6. The van der Waals surface area contributed by atoms with Crippen LogP contribution in [0.25, 0.3) is 5.69 Å². The molecule has 1 aliphatic heterocycles. The Morgan fingerprint density at radius 2 is 1.53 bits per heavy atom. The van der Waals surface area contributed by atoms with Crippen molar-refractivity contribution in [2.45, 2.75) is 41.6 Å². The predicted octanol–water partition coefficient (Wildman–Crippen LogP) is 5.29. The van der Waals surface area contributed by atoms with Gasteiger partial charge in [-0.2, -0.15) is 4.68 Å². The highest BCUT2D eigenvalue weighted by molar-refractivity contribution is 7.99. The van der Waals surface area contributed by atoms with E-state index in [0.29, 0.717) is 23.0 Å². The van der Waals surface area contributed by atoms with Crippen LogP contribution in [0.4, 0.5) is 5.69 Å². The molecule has 5 aromatic rings. The lowest BCUT2D eigenvalue weighted by Gasteiger charge is -2.36. The van der Waals surface area contributed by atoms with Crippen LogP contribution < -0.4 is 4.72 Å². The van der Waals surface area contributed by atoms with E-state index in [-0.39, 0.29) is 23.7 Å². The fourth-order valence-corrected chi connectivity index (χ4v) is 6.70. The van der Waals surface area contributed by atoms with Crippen molar-refractivity contribution in [3.63, 3.8) is 0 Å². The number of sulfonamides is 1. The minimum atomic E-state index is -3.71. The highest BCUT2D eigenvalue weighted by atomic mass is 32.2. The average Bonchev–Trinajstić information content (AvgIpc) is 3.53. The summed E-state index contributed by atoms with van der Waals surface area (Å²) in [6.45, 7) is -0.0344. The fourth-order valence-electron chi connectivity index (χ4n) is 4.71. The molecule has 3 atom stereocenters. The molecule has 1 aromatic heterocycles. The molecule has 0 saturated carbocycles. The molecule has 0 spiro atoms. The topological polar surface area (TPSA) is 128 Å². The predicted molar refractivity (Wildman–Crippen MR) is 162 cm³/mol. The molecule has 220 valence electrons. The maximum Gasteiger partial charge on any atom is 0.261 e. The summed E-state index contributed by atoms with van der Waals surface area (Å²) in [6.07, 6.45) is -0.558. The summed E-state index contributed by atoms with van der Waals surface area (Å²) < 4.78 is 42.7. The van der Waals surface area contributed by atoms with Crippen molar-refractivity contribution in [2.75, 3.05) is 10.5 Å². The monoisotopic (exact) mass is 615 g/mol. The Morgan fingerprint density at radius 1 is 0.860 bits per heavy atom. The second kappa shape index (κ2) is 13.1. The number of hydrogen-bond donors (Lipinski definition) is 2. The number of para-hydroxylation sites is 1. The number of ether oxygens (including phenoxy) is 2. The van der Waals surface area contributed by atoms with E-state index >= 15 is 0 Å². The third-order valence-electron chi connectivity index (χ3n) is 6.94. The van der Waals surface area contributed by atoms with Crippen molar-refractivity contribution < 1.29 is 23.0 Å². The molecule has 0 radical (unpaired) electrons. The molecule has 6 rings (SSSR count). The zero-order chi connectivity index (χ0) is 29.6. The van der Waals surface area contributed by atoms with Crippen LogP contribution in [0, 0.1) is 0 Å². The van der Waals surface area contributed by atoms with Crippen LogP contribution >= 0.6 is 11.8 Å². The van der Waals surface area contributed by atoms with E-state index in [0.717, 1.165) is 22.4 Å². The second-order valence-electron chi connectivity index (χ2n) is 9.91. The molecule has 0 amide bonds. The fraction of sp³-hybridized carbons (Fsp3) is 0.194. The van der Waals surface area contributed by atoms with E-state index in [4.69, 9.17) is 9.47 Å². The van der Waals surface area contributed by atoms with Crippen LogP contribution in [0.1, 0.15) is 35.5 Å². The van der Waals surface area contributed by atoms with Gasteiger partial charge in [0.15, 0.2) is 6.29 Å². The smallest absolute Gasteiger partial charge is 0.261 e. The van der Waals surface area contributed by atoms with Gasteiger partial charge in [-0.05, 0) is 58.0 Å². The molecule has 0 unspecified atom stereocenters. The van der Waals surface area contributed by atoms with Crippen LogP contribution in [0.3, 0.4) is 0 Å². The molecule has 2 N–H and O–H groups in total. The number of thioether (sulfide) groups is 1. The highest BCUT2D eigenvalue weighted by Gasteiger charge is 2.32. The molecule has 12 heteroatoms. The van der Waals surface area contributed by atoms with Gasteiger partial charge in [0.25, 0.3) is 10.0 Å². The van der Waals surface area contributed by atoms with Gasteiger partial charge in [0.2, 0.25) is 5.16 Å². The molecular formula is C31H29N5O5S2. The molecular weight excluding hydrogens is 587 g/mol. The first kappa shape index (κ1) is 29.0. The summed E-state index contributed by atoms with van der Waals surface area (Å²) in [4.78, 5) is 0.187. The molecule has 1 aliphatic rings. The Kier molecular flexibility index (Phi) is 8.82. The lowest BCUT2D eigenvalue weighted by molar-refractivity contribution is -0.245. The van der Waals surface area contributed by atoms with Gasteiger partial charge in [-0.25, -0.2) is 8.42 Å². The standard InChI is InChI=1S/C31H29N5O5S2/c37-20-22-11-13-23(14-12-22)29-19-27(21-42-31-32-34-35-36(31)26-7-3-1-4-8-26)40-30(41-29)24-15-17-25(18-16-24)33-43(38,39)28-9-5-2-6-10-28/h1-18,27,29-30,33,37H,19-21H2/t27-,29+,30+/m0/s1. The maximum absolute atomic E-state index is 12.8. The van der Waals surface area contributed by atoms with E-state index in [9.17, 15) is 13.5 Å². The summed E-state index contributed by atoms with van der Waals surface area (Å²) in [5.74, 6) is 0.577. The average molecular weight is 616 g/mol. The van der Waals surface area contributed by atoms with E-state index in [1.165, 1.54) is 11.8 Å². The SMILES string of the molecule is O=S(=O)(Nc1ccc([C@@H]2O[C@H](CSc3nnnn3-c3ccccc3)C[C@H](c3ccc(CO)cc3)O2)cc1)c1ccccc1. The Morgan fingerprint density at radius 3 is 2.23 bits per heavy atom. The Hall–Kier alpha value is -4.07. The number of rotatable bonds is 10. The van der Waals surface area contributed by atoms with E-state index in [2.05, 4.69) is 20.2 Å². The van der Waals surface area contributed by atoms with Crippen LogP contribution in [0.2, 0.25) is 0 Å². The van der Waals surface area contributed by atoms with Gasteiger partial charge in [-0.1, -0.05) is 84.6 Å². The number of aliphatic hydroxyl groups is 1. The summed E-state index contributed by atoms with van der Waals surface area (Å²) in [5, 5.41) is 22.3. The molecule has 1 fully saturated rings. The lowest BCUT2D eigenvalue weighted by atomic mass is 10.0. The molecule has 2 heterocycles. The first-order valence-corrected chi connectivity index (χ1v) is 16.1. The van der Waals surface area contributed by atoms with E-state index in [1.807, 2.05) is 54.6 Å². The first-order valence-electron chi connectivity index (χ1n) is 13.6. The molecule has 4 aromatic carbocycles. The summed E-state index contributed by atoms with van der Waals surface area (Å²) >= 11 is 1.50. The van der Waals surface area contributed by atoms with Gasteiger partial charge in [-0.15, -0.1) is 5.10 Å². The van der Waals surface area contributed by atoms with Crippen LogP contribution in [-0.4, -0.2) is 45.6 Å². The van der Waals surface area contributed by atoms with Gasteiger partial charge in [0, 0.05) is 23.4 Å². The normalized spacial score (nSPS) is 18.8. The minimum absolute atomic E-state index is 0.0344. The Labute approximate surface area is 253 Å². The van der Waals surface area contributed by atoms with Gasteiger partial charge >= 0.3 is 0 Å². The van der Waals surface area contributed by atoms with Crippen molar-refractivity contribution in [1.29, 1.82) is 0 Å². The van der Waals surface area contributed by atoms with Crippen LogP contribution in [0.5, 0.6) is 0 Å². The number of nitrogens with one attached hydrogen (secondary N) is 1. The number of anilines is 1. The van der Waals surface area contributed by atoms with Crippen molar-refractivity contribution in [3.05, 3.63) is 126 Å². The number of aliphatic hydroxyl groups excluding tert-OH is 1. The van der Waals surface area contributed by atoms with Gasteiger partial charge < -0.3 is 14.6 Å². The molecule has 43 heavy (non-hydrogen) atoms. The van der Waals surface area contributed by atoms with E-state index < -0.39 is 16.3 Å². The summed E-state index contributed by atoms with van der Waals surface area (Å²) in [7, 11) is -3.71. The maximum atomic E-state index is 12.8. The van der Waals surface area contributed by atoms with Crippen LogP contribution in [-0.2, 0) is 26.1 Å². The number of tetrazole rings is 1. The number of aromatic nitrogens is 4. The summed E-state index contributed by atoms with van der Waals surface area (Å²) in [5.41, 5.74) is 3.84. The van der Waals surface area contributed by atoms with E-state index in [1.54, 1.807) is 59.3 Å². The van der Waals surface area contributed by atoms with Gasteiger partial charge in [0.05, 0.1) is 29.4 Å². The lowest BCUT2D eigenvalue weighted by Crippen LogP contribution is -2.31. The Bertz CT molecular complexity index is 1740. The van der Waals surface area contributed by atoms with Gasteiger partial charge in [-0.3, -0.25) is 4.72 Å². The highest BCUT2D eigenvalue weighted by Crippen LogP contribution is 2.39. The largest absolute Gasteiger partial charge is 0.392 e. The van der Waals surface area contributed by atoms with Crippen LogP contribution in [0.15, 0.2) is 119 Å². The zero-order valence-corrected chi connectivity index (χ0v) is 24.6. The van der Waals surface area contributed by atoms with Crippen molar-refractivity contribution >= 4 is 27.5 Å². The first-order chi connectivity index (χ1) is 21.0. The number of benzene rings is 4. The Balaban J connectivity index is 1.20. The molecule has 0 bridgehead atoms. The minimum Gasteiger partial charge on any atom is -0.392 e. The van der Waals surface area contributed by atoms with Crippen molar-refractivity contribution in [2.24, 2.45) is 0 Å². The second-order valence-corrected chi connectivity index (χ2v) is 12.6. The quantitative estimate of drug-likeness (QED) is 0.201. The third-order valence-corrected chi connectivity index (χ3v) is 9.39. The molecule has 1 saturated heterocycles.